The van der Waals surface area contributed by atoms with Gasteiger partial charge in [-0.15, -0.1) is 0 Å². The number of imidazole rings is 2. The first-order valence-corrected chi connectivity index (χ1v) is 8.79. The second-order valence-corrected chi connectivity index (χ2v) is 6.71. The number of carbonyl (C=O) groups is 1. The maximum Gasteiger partial charge on any atom is 0.432 e. The molecule has 4 rings (SSSR count). The van der Waals surface area contributed by atoms with Gasteiger partial charge in [0.25, 0.3) is 5.91 Å². The zero-order valence-corrected chi connectivity index (χ0v) is 15.0. The molecule has 1 unspecified atom stereocenters. The van der Waals surface area contributed by atoms with Crippen LogP contribution in [0.1, 0.15) is 40.8 Å². The van der Waals surface area contributed by atoms with E-state index in [9.17, 15) is 18.0 Å². The van der Waals surface area contributed by atoms with Crippen LogP contribution in [0.15, 0.2) is 30.7 Å². The van der Waals surface area contributed by atoms with Crippen molar-refractivity contribution in [3.05, 3.63) is 47.9 Å². The highest BCUT2D eigenvalue weighted by Gasteiger charge is 2.35. The predicted octanol–water partition coefficient (Wildman–Crippen LogP) is 3.10. The van der Waals surface area contributed by atoms with Crippen molar-refractivity contribution in [2.75, 3.05) is 20.2 Å². The number of alkyl halides is 3. The van der Waals surface area contributed by atoms with Gasteiger partial charge in [0, 0.05) is 31.3 Å². The summed E-state index contributed by atoms with van der Waals surface area (Å²) >= 11 is 0. The van der Waals surface area contributed by atoms with E-state index in [1.54, 1.807) is 34.7 Å². The van der Waals surface area contributed by atoms with Crippen LogP contribution in [0.4, 0.5) is 13.2 Å². The molecule has 1 saturated heterocycles. The summed E-state index contributed by atoms with van der Waals surface area (Å²) in [5.41, 5.74) is 0.104. The Morgan fingerprint density at radius 3 is 2.86 bits per heavy atom. The first-order chi connectivity index (χ1) is 13.4. The lowest BCUT2D eigenvalue weighted by Crippen LogP contribution is -2.39. The molecule has 0 aliphatic carbocycles. The average Bonchev–Trinajstić information content (AvgIpc) is 3.34. The monoisotopic (exact) mass is 393 g/mol. The minimum absolute atomic E-state index is 0.218. The van der Waals surface area contributed by atoms with Gasteiger partial charge in [0.05, 0.1) is 19.5 Å². The van der Waals surface area contributed by atoms with E-state index in [-0.39, 0.29) is 17.6 Å². The first-order valence-electron chi connectivity index (χ1n) is 8.79. The number of nitrogens with one attached hydrogen (secondary N) is 1. The summed E-state index contributed by atoms with van der Waals surface area (Å²) in [7, 11) is 1.55. The van der Waals surface area contributed by atoms with E-state index in [0.717, 1.165) is 6.20 Å². The first kappa shape index (κ1) is 18.3. The van der Waals surface area contributed by atoms with Crippen molar-refractivity contribution in [1.82, 2.24) is 24.3 Å². The molecule has 1 N–H and O–H groups in total. The highest BCUT2D eigenvalue weighted by Crippen LogP contribution is 2.31. The van der Waals surface area contributed by atoms with Crippen LogP contribution < -0.4 is 4.74 Å². The number of aromatic nitrogens is 4. The summed E-state index contributed by atoms with van der Waals surface area (Å²) in [4.78, 5) is 25.1. The molecule has 0 bridgehead atoms. The lowest BCUT2D eigenvalue weighted by molar-refractivity contribution is -0.141. The fourth-order valence-electron chi connectivity index (χ4n) is 3.48. The van der Waals surface area contributed by atoms with Crippen molar-refractivity contribution in [3.63, 3.8) is 0 Å². The third-order valence-electron chi connectivity index (χ3n) is 4.94. The summed E-state index contributed by atoms with van der Waals surface area (Å²) in [5.74, 6) is 0.402. The van der Waals surface area contributed by atoms with Gasteiger partial charge in [-0.1, -0.05) is 0 Å². The number of H-pyrrole nitrogens is 1. The van der Waals surface area contributed by atoms with Gasteiger partial charge in [-0.3, -0.25) is 9.20 Å². The normalized spacial score (nSPS) is 17.9. The predicted molar refractivity (Wildman–Crippen MR) is 93.2 cm³/mol. The maximum absolute atomic E-state index is 13.0. The van der Waals surface area contributed by atoms with E-state index in [2.05, 4.69) is 15.0 Å². The molecule has 0 spiro atoms. The Morgan fingerprint density at radius 1 is 1.32 bits per heavy atom. The molecular formula is C18H18F3N5O2. The Hall–Kier alpha value is -3.04. The van der Waals surface area contributed by atoms with Gasteiger partial charge in [0.15, 0.2) is 0 Å². The van der Waals surface area contributed by atoms with Crippen LogP contribution in [0.2, 0.25) is 0 Å². The number of pyridine rings is 1. The second-order valence-electron chi connectivity index (χ2n) is 6.71. The molecule has 3 aromatic rings. The fourth-order valence-corrected chi connectivity index (χ4v) is 3.48. The Bertz CT molecular complexity index is 1010. The molecule has 1 amide bonds. The van der Waals surface area contributed by atoms with E-state index >= 15 is 0 Å². The van der Waals surface area contributed by atoms with Crippen LogP contribution in [-0.4, -0.2) is 50.4 Å². The van der Waals surface area contributed by atoms with Crippen molar-refractivity contribution in [2.45, 2.75) is 24.9 Å². The third-order valence-corrected chi connectivity index (χ3v) is 4.94. The largest absolute Gasteiger partial charge is 0.497 e. The van der Waals surface area contributed by atoms with Crippen molar-refractivity contribution in [2.24, 2.45) is 0 Å². The van der Waals surface area contributed by atoms with E-state index in [1.807, 2.05) is 0 Å². The van der Waals surface area contributed by atoms with Crippen LogP contribution in [-0.2, 0) is 6.18 Å². The number of aromatic amines is 1. The van der Waals surface area contributed by atoms with Gasteiger partial charge in [-0.25, -0.2) is 9.97 Å². The third kappa shape index (κ3) is 3.30. The standard InChI is InChI=1S/C18H18F3N5O2/c1-28-12-4-6-26-13(8-22-15(26)7-12)17(27)25-5-2-3-11(10-25)16-23-9-14(24-16)18(19,20)21/h4,6-9,11H,2-3,5,10H2,1H3,(H,23,24). The van der Waals surface area contributed by atoms with Crippen molar-refractivity contribution < 1.29 is 22.7 Å². The van der Waals surface area contributed by atoms with Gasteiger partial charge in [-0.05, 0) is 18.9 Å². The molecule has 3 aromatic heterocycles. The van der Waals surface area contributed by atoms with Gasteiger partial charge < -0.3 is 14.6 Å². The van der Waals surface area contributed by atoms with Crippen LogP contribution in [0, 0.1) is 0 Å². The number of amides is 1. The molecular weight excluding hydrogens is 375 g/mol. The zero-order chi connectivity index (χ0) is 19.9. The number of methoxy groups -OCH3 is 1. The van der Waals surface area contributed by atoms with Gasteiger partial charge >= 0.3 is 6.18 Å². The Kier molecular flexibility index (Phi) is 4.48. The molecule has 4 heterocycles. The molecule has 1 aliphatic heterocycles. The highest BCUT2D eigenvalue weighted by atomic mass is 19.4. The van der Waals surface area contributed by atoms with Crippen molar-refractivity contribution >= 4 is 11.6 Å². The minimum Gasteiger partial charge on any atom is -0.497 e. The Morgan fingerprint density at radius 2 is 2.14 bits per heavy atom. The van der Waals surface area contributed by atoms with Gasteiger partial charge in [-0.2, -0.15) is 13.2 Å². The Balaban J connectivity index is 1.55. The molecule has 28 heavy (non-hydrogen) atoms. The molecule has 1 fully saturated rings. The molecule has 148 valence electrons. The van der Waals surface area contributed by atoms with Crippen LogP contribution >= 0.6 is 0 Å². The maximum atomic E-state index is 13.0. The summed E-state index contributed by atoms with van der Waals surface area (Å²) in [6, 6.07) is 3.45. The summed E-state index contributed by atoms with van der Waals surface area (Å²) in [5, 5.41) is 0. The van der Waals surface area contributed by atoms with Crippen LogP contribution in [0.25, 0.3) is 5.65 Å². The smallest absolute Gasteiger partial charge is 0.432 e. The van der Waals surface area contributed by atoms with E-state index < -0.39 is 11.9 Å². The number of carbonyl (C=O) groups excluding carboxylic acids is 1. The van der Waals surface area contributed by atoms with Gasteiger partial charge in [0.1, 0.15) is 28.6 Å². The van der Waals surface area contributed by atoms with Crippen LogP contribution in [0.3, 0.4) is 0 Å². The number of rotatable bonds is 3. The molecule has 7 nitrogen and oxygen atoms in total. The number of nitrogens with zero attached hydrogens (tertiary/aromatic N) is 4. The van der Waals surface area contributed by atoms with E-state index in [0.29, 0.717) is 43.0 Å². The number of piperidine rings is 1. The van der Waals surface area contributed by atoms with Crippen LogP contribution in [0.5, 0.6) is 5.75 Å². The number of halogens is 3. The molecule has 0 saturated carbocycles. The summed E-state index contributed by atoms with van der Waals surface area (Å²) in [6.07, 6.45) is 0.885. The quantitative estimate of drug-likeness (QED) is 0.742. The fraction of sp³-hybridized carbons (Fsp3) is 0.389. The van der Waals surface area contributed by atoms with Crippen molar-refractivity contribution in [3.8, 4) is 5.75 Å². The number of ether oxygens (including phenoxy) is 1. The van der Waals surface area contributed by atoms with Gasteiger partial charge in [0.2, 0.25) is 0 Å². The van der Waals surface area contributed by atoms with Crippen molar-refractivity contribution in [1.29, 1.82) is 0 Å². The molecule has 0 aromatic carbocycles. The molecule has 1 aliphatic rings. The summed E-state index contributed by atoms with van der Waals surface area (Å²) in [6.45, 7) is 0.832. The average molecular weight is 393 g/mol. The SMILES string of the molecule is COc1ccn2c(C(=O)N3CCCC(c4ncc(C(F)(F)F)[nH]4)C3)cnc2c1. The number of fused-ring (bicyclic) bond motifs is 1. The van der Waals surface area contributed by atoms with E-state index in [1.165, 1.54) is 6.20 Å². The minimum atomic E-state index is -4.47. The summed E-state index contributed by atoms with van der Waals surface area (Å²) < 4.78 is 45.2. The topological polar surface area (TPSA) is 75.5 Å². The lowest BCUT2D eigenvalue weighted by atomic mass is 9.97. The number of hydrogen-bond donors (Lipinski definition) is 1. The lowest BCUT2D eigenvalue weighted by Gasteiger charge is -2.31. The molecule has 1 atom stereocenters. The molecule has 10 heteroatoms. The molecule has 0 radical (unpaired) electrons. The second kappa shape index (κ2) is 6.84. The zero-order valence-electron chi connectivity index (χ0n) is 15.0. The number of likely N-dealkylation sites (tertiary alicyclic amines) is 1. The highest BCUT2D eigenvalue weighted by molar-refractivity contribution is 5.93. The number of hydrogen-bond acceptors (Lipinski definition) is 4. The Labute approximate surface area is 158 Å². The van der Waals surface area contributed by atoms with E-state index in [4.69, 9.17) is 4.74 Å².